The highest BCUT2D eigenvalue weighted by atomic mass is 79.9. The Labute approximate surface area is 153 Å². The van der Waals surface area contributed by atoms with Crippen molar-refractivity contribution in [3.05, 3.63) is 88.7 Å². The minimum absolute atomic E-state index is 0.260. The van der Waals surface area contributed by atoms with E-state index in [4.69, 9.17) is 0 Å². The summed E-state index contributed by atoms with van der Waals surface area (Å²) in [4.78, 5) is 28.6. The molecular weight excluding hydrogens is 382 g/mol. The molecule has 1 aromatic heterocycles. The summed E-state index contributed by atoms with van der Waals surface area (Å²) in [6.45, 7) is 0. The lowest BCUT2D eigenvalue weighted by Crippen LogP contribution is -2.16. The molecule has 2 N–H and O–H groups in total. The molecule has 0 radical (unpaired) electrons. The molecule has 0 aliphatic carbocycles. The Bertz CT molecular complexity index is 913. The topological polar surface area (TPSA) is 71.1 Å². The molecule has 0 saturated carbocycles. The Balaban J connectivity index is 1.79. The zero-order chi connectivity index (χ0) is 17.6. The van der Waals surface area contributed by atoms with Crippen LogP contribution in [0.4, 0.5) is 11.4 Å². The molecule has 0 saturated heterocycles. The molecule has 25 heavy (non-hydrogen) atoms. The molecule has 0 aliphatic heterocycles. The first kappa shape index (κ1) is 16.9. The summed E-state index contributed by atoms with van der Waals surface area (Å²) in [5.74, 6) is -0.554. The predicted molar refractivity (Wildman–Crippen MR) is 101 cm³/mol. The molecule has 3 aromatic rings. The number of hydrogen-bond donors (Lipinski definition) is 2. The molecule has 0 atom stereocenters. The standard InChI is InChI=1S/C19H14BrN3O2/c20-15-7-3-5-13(11-15)18(24)22-16-8-1-2-9-17(16)23-19(25)14-6-4-10-21-12-14/h1-12H,(H,22,24)(H,23,25). The van der Waals surface area contributed by atoms with Gasteiger partial charge in [-0.25, -0.2) is 0 Å². The molecule has 124 valence electrons. The van der Waals surface area contributed by atoms with Gasteiger partial charge in [-0.05, 0) is 42.5 Å². The zero-order valence-corrected chi connectivity index (χ0v) is 14.7. The van der Waals surface area contributed by atoms with Gasteiger partial charge in [0.15, 0.2) is 0 Å². The number of aromatic nitrogens is 1. The van der Waals surface area contributed by atoms with Gasteiger partial charge in [-0.1, -0.05) is 34.1 Å². The number of pyridine rings is 1. The average molecular weight is 396 g/mol. The Morgan fingerprint density at radius 3 is 2.04 bits per heavy atom. The monoisotopic (exact) mass is 395 g/mol. The van der Waals surface area contributed by atoms with Crippen molar-refractivity contribution in [3.63, 3.8) is 0 Å². The highest BCUT2D eigenvalue weighted by Crippen LogP contribution is 2.23. The minimum Gasteiger partial charge on any atom is -0.320 e. The van der Waals surface area contributed by atoms with Crippen molar-refractivity contribution in [2.45, 2.75) is 0 Å². The smallest absolute Gasteiger partial charge is 0.257 e. The zero-order valence-electron chi connectivity index (χ0n) is 13.1. The van der Waals surface area contributed by atoms with Gasteiger partial charge in [0.1, 0.15) is 0 Å². The van der Waals surface area contributed by atoms with E-state index in [1.807, 2.05) is 6.07 Å². The van der Waals surface area contributed by atoms with Gasteiger partial charge in [0.2, 0.25) is 0 Å². The van der Waals surface area contributed by atoms with Crippen molar-refractivity contribution >= 4 is 39.1 Å². The van der Waals surface area contributed by atoms with Gasteiger partial charge >= 0.3 is 0 Å². The number of carbonyl (C=O) groups excluding carboxylic acids is 2. The number of carbonyl (C=O) groups is 2. The molecule has 0 aliphatic rings. The Hall–Kier alpha value is -2.99. The third-order valence-electron chi connectivity index (χ3n) is 3.43. The van der Waals surface area contributed by atoms with Crippen LogP contribution in [0.2, 0.25) is 0 Å². The molecule has 5 nitrogen and oxygen atoms in total. The molecule has 6 heteroatoms. The summed E-state index contributed by atoms with van der Waals surface area (Å²) < 4.78 is 0.818. The van der Waals surface area contributed by atoms with Crippen molar-refractivity contribution in [2.24, 2.45) is 0 Å². The second-order valence-corrected chi connectivity index (χ2v) is 6.12. The quantitative estimate of drug-likeness (QED) is 0.689. The van der Waals surface area contributed by atoms with Crippen molar-refractivity contribution < 1.29 is 9.59 Å². The number of benzene rings is 2. The van der Waals surface area contributed by atoms with Gasteiger partial charge < -0.3 is 10.6 Å². The largest absolute Gasteiger partial charge is 0.320 e. The fourth-order valence-corrected chi connectivity index (χ4v) is 2.62. The van der Waals surface area contributed by atoms with E-state index < -0.39 is 0 Å². The summed E-state index contributed by atoms with van der Waals surface area (Å²) in [5, 5.41) is 5.61. The van der Waals surface area contributed by atoms with Crippen LogP contribution in [-0.2, 0) is 0 Å². The van der Waals surface area contributed by atoms with Gasteiger partial charge in [0.25, 0.3) is 11.8 Å². The summed E-state index contributed by atoms with van der Waals surface area (Å²) >= 11 is 3.35. The van der Waals surface area contributed by atoms with Crippen LogP contribution in [0.15, 0.2) is 77.5 Å². The van der Waals surface area contributed by atoms with Gasteiger partial charge in [-0.15, -0.1) is 0 Å². The lowest BCUT2D eigenvalue weighted by Gasteiger charge is -2.12. The van der Waals surface area contributed by atoms with E-state index in [0.717, 1.165) is 4.47 Å². The maximum absolute atomic E-state index is 12.4. The first-order valence-corrected chi connectivity index (χ1v) is 8.30. The molecule has 0 bridgehead atoms. The SMILES string of the molecule is O=C(Nc1ccccc1NC(=O)c1cccc(Br)c1)c1cccnc1. The lowest BCUT2D eigenvalue weighted by atomic mass is 10.2. The van der Waals surface area contributed by atoms with E-state index in [-0.39, 0.29) is 11.8 Å². The predicted octanol–water partition coefficient (Wildman–Crippen LogP) is 4.35. The number of amides is 2. The molecule has 0 fully saturated rings. The van der Waals surface area contributed by atoms with Crippen molar-refractivity contribution in [2.75, 3.05) is 10.6 Å². The van der Waals surface area contributed by atoms with Crippen molar-refractivity contribution in [1.29, 1.82) is 0 Å². The number of anilines is 2. The van der Waals surface area contributed by atoms with E-state index in [1.54, 1.807) is 60.8 Å². The van der Waals surface area contributed by atoms with Crippen LogP contribution in [-0.4, -0.2) is 16.8 Å². The van der Waals surface area contributed by atoms with Crippen LogP contribution in [0.25, 0.3) is 0 Å². The van der Waals surface area contributed by atoms with Gasteiger partial charge in [-0.2, -0.15) is 0 Å². The Morgan fingerprint density at radius 1 is 0.800 bits per heavy atom. The number of nitrogens with one attached hydrogen (secondary N) is 2. The van der Waals surface area contributed by atoms with Crippen LogP contribution in [0.1, 0.15) is 20.7 Å². The number of nitrogens with zero attached hydrogens (tertiary/aromatic N) is 1. The van der Waals surface area contributed by atoms with Gasteiger partial charge in [0, 0.05) is 22.4 Å². The summed E-state index contributed by atoms with van der Waals surface area (Å²) in [6.07, 6.45) is 3.08. The number of halogens is 1. The van der Waals surface area contributed by atoms with E-state index in [1.165, 1.54) is 6.20 Å². The highest BCUT2D eigenvalue weighted by Gasteiger charge is 2.12. The third-order valence-corrected chi connectivity index (χ3v) is 3.93. The van der Waals surface area contributed by atoms with Gasteiger partial charge in [0.05, 0.1) is 16.9 Å². The van der Waals surface area contributed by atoms with E-state index in [9.17, 15) is 9.59 Å². The maximum Gasteiger partial charge on any atom is 0.257 e. The van der Waals surface area contributed by atoms with E-state index >= 15 is 0 Å². The van der Waals surface area contributed by atoms with Crippen LogP contribution in [0, 0.1) is 0 Å². The molecule has 0 spiro atoms. The maximum atomic E-state index is 12.4. The first-order chi connectivity index (χ1) is 12.1. The fourth-order valence-electron chi connectivity index (χ4n) is 2.22. The Morgan fingerprint density at radius 2 is 1.44 bits per heavy atom. The Kier molecular flexibility index (Phi) is 5.20. The van der Waals surface area contributed by atoms with Crippen molar-refractivity contribution in [3.8, 4) is 0 Å². The summed E-state index contributed by atoms with van der Waals surface area (Å²) in [7, 11) is 0. The van der Waals surface area contributed by atoms with Crippen LogP contribution < -0.4 is 10.6 Å². The number of para-hydroxylation sites is 2. The summed E-state index contributed by atoms with van der Waals surface area (Å²) in [5.41, 5.74) is 1.99. The van der Waals surface area contributed by atoms with Gasteiger partial charge in [-0.3, -0.25) is 14.6 Å². The molecule has 2 amide bonds. The minimum atomic E-state index is -0.294. The van der Waals surface area contributed by atoms with Crippen LogP contribution in [0.3, 0.4) is 0 Å². The second kappa shape index (κ2) is 7.72. The fraction of sp³-hybridized carbons (Fsp3) is 0. The molecule has 0 unspecified atom stereocenters. The average Bonchev–Trinajstić information content (AvgIpc) is 2.64. The first-order valence-electron chi connectivity index (χ1n) is 7.51. The van der Waals surface area contributed by atoms with Crippen LogP contribution >= 0.6 is 15.9 Å². The van der Waals surface area contributed by atoms with E-state index in [2.05, 4.69) is 31.5 Å². The normalized spacial score (nSPS) is 10.1. The molecular formula is C19H14BrN3O2. The van der Waals surface area contributed by atoms with E-state index in [0.29, 0.717) is 22.5 Å². The van der Waals surface area contributed by atoms with Crippen LogP contribution in [0.5, 0.6) is 0 Å². The second-order valence-electron chi connectivity index (χ2n) is 5.21. The third kappa shape index (κ3) is 4.30. The molecule has 1 heterocycles. The number of hydrogen-bond acceptors (Lipinski definition) is 3. The highest BCUT2D eigenvalue weighted by molar-refractivity contribution is 9.10. The molecule has 3 rings (SSSR count). The number of rotatable bonds is 4. The summed E-state index contributed by atoms with van der Waals surface area (Å²) in [6, 6.07) is 17.5. The lowest BCUT2D eigenvalue weighted by molar-refractivity contribution is 0.101. The van der Waals surface area contributed by atoms with Crippen molar-refractivity contribution in [1.82, 2.24) is 4.98 Å². The molecule has 2 aromatic carbocycles.